The Morgan fingerprint density at radius 1 is 1.62 bits per heavy atom. The molecule has 0 N–H and O–H groups in total. The molecule has 2 rings (SSSR count). The summed E-state index contributed by atoms with van der Waals surface area (Å²) in [5, 5.41) is 0. The maximum absolute atomic E-state index is 12.3. The van der Waals surface area contributed by atoms with E-state index < -0.39 is 0 Å². The number of hydrogen-bond donors (Lipinski definition) is 0. The summed E-state index contributed by atoms with van der Waals surface area (Å²) in [6.45, 7) is 4.97. The molecular weight excluding hydrogens is 270 g/mol. The van der Waals surface area contributed by atoms with E-state index in [4.69, 9.17) is 4.42 Å². The van der Waals surface area contributed by atoms with E-state index in [9.17, 15) is 4.79 Å². The van der Waals surface area contributed by atoms with Gasteiger partial charge in [0, 0.05) is 12.6 Å². The molecule has 1 aliphatic rings. The molecule has 0 unspecified atom stereocenters. The molecule has 4 heteroatoms. The quantitative estimate of drug-likeness (QED) is 0.851. The normalized spacial score (nSPS) is 15.5. The molecule has 0 spiro atoms. The molecule has 1 aromatic heterocycles. The zero-order valence-corrected chi connectivity index (χ0v) is 11.2. The molecule has 1 aromatic rings. The summed E-state index contributed by atoms with van der Waals surface area (Å²) in [6, 6.07) is 1.95. The van der Waals surface area contributed by atoms with Crippen molar-refractivity contribution in [2.24, 2.45) is 5.92 Å². The second-order valence-corrected chi connectivity index (χ2v) is 5.32. The molecule has 0 bridgehead atoms. The molecule has 0 aromatic carbocycles. The second-order valence-electron chi connectivity index (χ2n) is 4.60. The highest BCUT2D eigenvalue weighted by Crippen LogP contribution is 2.31. The largest absolute Gasteiger partial charge is 0.457 e. The van der Waals surface area contributed by atoms with Gasteiger partial charge in [0.15, 0.2) is 4.67 Å². The summed E-state index contributed by atoms with van der Waals surface area (Å²) in [4.78, 5) is 14.2. The molecule has 1 heterocycles. The molecule has 0 radical (unpaired) electrons. The van der Waals surface area contributed by atoms with Crippen molar-refractivity contribution < 1.29 is 9.21 Å². The molecule has 88 valence electrons. The minimum Gasteiger partial charge on any atom is -0.457 e. The van der Waals surface area contributed by atoms with Crippen molar-refractivity contribution in [2.45, 2.75) is 32.7 Å². The maximum atomic E-state index is 12.3. The number of amides is 1. The zero-order valence-electron chi connectivity index (χ0n) is 9.57. The lowest BCUT2D eigenvalue weighted by molar-refractivity contribution is 0.0694. The van der Waals surface area contributed by atoms with Crippen LogP contribution in [0.1, 0.15) is 37.0 Å². The number of hydrogen-bond acceptors (Lipinski definition) is 2. The average molecular weight is 286 g/mol. The first kappa shape index (κ1) is 11.7. The molecule has 0 atom stereocenters. The predicted octanol–water partition coefficient (Wildman–Crippen LogP) is 3.30. The number of furan rings is 1. The van der Waals surface area contributed by atoms with Gasteiger partial charge in [-0.15, -0.1) is 0 Å². The third-order valence-corrected chi connectivity index (χ3v) is 3.50. The highest BCUT2D eigenvalue weighted by molar-refractivity contribution is 9.10. The topological polar surface area (TPSA) is 33.5 Å². The van der Waals surface area contributed by atoms with Gasteiger partial charge in [0.1, 0.15) is 0 Å². The Balaban J connectivity index is 2.13. The fourth-order valence-corrected chi connectivity index (χ4v) is 2.12. The zero-order chi connectivity index (χ0) is 11.7. The number of rotatable bonds is 4. The Morgan fingerprint density at radius 3 is 2.75 bits per heavy atom. The van der Waals surface area contributed by atoms with Crippen molar-refractivity contribution in [3.05, 3.63) is 22.6 Å². The van der Waals surface area contributed by atoms with E-state index in [1.807, 2.05) is 18.7 Å². The summed E-state index contributed by atoms with van der Waals surface area (Å²) in [7, 11) is 0. The van der Waals surface area contributed by atoms with Crippen molar-refractivity contribution in [1.82, 2.24) is 4.90 Å². The van der Waals surface area contributed by atoms with Gasteiger partial charge in [0.2, 0.25) is 0 Å². The third kappa shape index (κ3) is 2.48. The Bertz CT molecular complexity index is 382. The number of halogens is 1. The van der Waals surface area contributed by atoms with Crippen LogP contribution in [0.4, 0.5) is 0 Å². The Labute approximate surface area is 104 Å². The minimum absolute atomic E-state index is 0.0579. The van der Waals surface area contributed by atoms with Crippen LogP contribution < -0.4 is 0 Å². The Kier molecular flexibility index (Phi) is 3.38. The van der Waals surface area contributed by atoms with Gasteiger partial charge >= 0.3 is 0 Å². The fourth-order valence-electron chi connectivity index (χ4n) is 1.71. The molecule has 0 aliphatic heterocycles. The van der Waals surface area contributed by atoms with Gasteiger partial charge in [-0.1, -0.05) is 0 Å². The van der Waals surface area contributed by atoms with Crippen molar-refractivity contribution in [3.63, 3.8) is 0 Å². The number of nitrogens with zero attached hydrogens (tertiary/aromatic N) is 1. The van der Waals surface area contributed by atoms with Crippen LogP contribution in [-0.2, 0) is 0 Å². The molecule has 0 saturated heterocycles. The van der Waals surface area contributed by atoms with Crippen molar-refractivity contribution in [1.29, 1.82) is 0 Å². The van der Waals surface area contributed by atoms with Crippen molar-refractivity contribution in [3.8, 4) is 0 Å². The van der Waals surface area contributed by atoms with Gasteiger partial charge in [0.25, 0.3) is 5.91 Å². The summed E-state index contributed by atoms with van der Waals surface area (Å²) in [6.07, 6.45) is 4.04. The van der Waals surface area contributed by atoms with Crippen LogP contribution >= 0.6 is 15.9 Å². The lowest BCUT2D eigenvalue weighted by Crippen LogP contribution is -2.38. The molecule has 16 heavy (non-hydrogen) atoms. The van der Waals surface area contributed by atoms with E-state index in [2.05, 4.69) is 15.9 Å². The van der Waals surface area contributed by atoms with Crippen LogP contribution in [0, 0.1) is 5.92 Å². The molecular formula is C12H16BrNO2. The van der Waals surface area contributed by atoms with Crippen LogP contribution in [0.3, 0.4) is 0 Å². The van der Waals surface area contributed by atoms with E-state index in [0.717, 1.165) is 6.54 Å². The number of carbonyl (C=O) groups is 1. The third-order valence-electron chi connectivity index (χ3n) is 2.88. The first-order valence-corrected chi connectivity index (χ1v) is 6.43. The van der Waals surface area contributed by atoms with Gasteiger partial charge in [-0.25, -0.2) is 0 Å². The van der Waals surface area contributed by atoms with Crippen molar-refractivity contribution in [2.75, 3.05) is 6.54 Å². The maximum Gasteiger partial charge on any atom is 0.258 e. The Hall–Kier alpha value is -0.770. The monoisotopic (exact) mass is 285 g/mol. The predicted molar refractivity (Wildman–Crippen MR) is 65.3 cm³/mol. The SMILES string of the molecule is CC(C)N(CC1CC1)C(=O)c1ccoc1Br. The molecule has 1 saturated carbocycles. The summed E-state index contributed by atoms with van der Waals surface area (Å²) in [5.74, 6) is 0.763. The Morgan fingerprint density at radius 2 is 2.31 bits per heavy atom. The first-order valence-electron chi connectivity index (χ1n) is 5.63. The van der Waals surface area contributed by atoms with E-state index in [0.29, 0.717) is 16.2 Å². The standard InChI is InChI=1S/C12H16BrNO2/c1-8(2)14(7-9-3-4-9)12(15)10-5-6-16-11(10)13/h5-6,8-9H,3-4,7H2,1-2H3. The first-order chi connectivity index (χ1) is 7.59. The summed E-state index contributed by atoms with van der Waals surface area (Å²) >= 11 is 3.25. The van der Waals surface area contributed by atoms with Crippen LogP contribution in [0.5, 0.6) is 0 Å². The molecule has 1 fully saturated rings. The molecule has 1 aliphatic carbocycles. The van der Waals surface area contributed by atoms with E-state index in [1.54, 1.807) is 6.07 Å². The number of carbonyl (C=O) groups excluding carboxylic acids is 1. The molecule has 1 amide bonds. The van der Waals surface area contributed by atoms with Gasteiger partial charge < -0.3 is 9.32 Å². The summed E-state index contributed by atoms with van der Waals surface area (Å²) < 4.78 is 5.63. The summed E-state index contributed by atoms with van der Waals surface area (Å²) in [5.41, 5.74) is 0.620. The van der Waals surface area contributed by atoms with E-state index >= 15 is 0 Å². The highest BCUT2D eigenvalue weighted by Gasteiger charge is 2.29. The van der Waals surface area contributed by atoms with E-state index in [1.165, 1.54) is 19.1 Å². The molecule has 3 nitrogen and oxygen atoms in total. The fraction of sp³-hybridized carbons (Fsp3) is 0.583. The second kappa shape index (κ2) is 4.62. The van der Waals surface area contributed by atoms with Crippen molar-refractivity contribution >= 4 is 21.8 Å². The lowest BCUT2D eigenvalue weighted by atomic mass is 10.2. The van der Waals surface area contributed by atoms with E-state index in [-0.39, 0.29) is 11.9 Å². The van der Waals surface area contributed by atoms with Crippen LogP contribution in [0.2, 0.25) is 0 Å². The van der Waals surface area contributed by atoms with Gasteiger partial charge in [0.05, 0.1) is 11.8 Å². The van der Waals surface area contributed by atoms with Gasteiger partial charge in [-0.3, -0.25) is 4.79 Å². The lowest BCUT2D eigenvalue weighted by Gasteiger charge is -2.26. The van der Waals surface area contributed by atoms with Crippen LogP contribution in [0.15, 0.2) is 21.4 Å². The smallest absolute Gasteiger partial charge is 0.258 e. The van der Waals surface area contributed by atoms with Gasteiger partial charge in [-0.2, -0.15) is 0 Å². The van der Waals surface area contributed by atoms with Crippen LogP contribution in [-0.4, -0.2) is 23.4 Å². The minimum atomic E-state index is 0.0579. The van der Waals surface area contributed by atoms with Gasteiger partial charge in [-0.05, 0) is 54.6 Å². The van der Waals surface area contributed by atoms with Crippen LogP contribution in [0.25, 0.3) is 0 Å². The highest BCUT2D eigenvalue weighted by atomic mass is 79.9. The average Bonchev–Trinajstić information content (AvgIpc) is 2.95.